The summed E-state index contributed by atoms with van der Waals surface area (Å²) < 4.78 is 42.6. The molecule has 0 spiro atoms. The average molecular weight is 386 g/mol. The van der Waals surface area contributed by atoms with Gasteiger partial charge in [0, 0.05) is 24.6 Å². The molecule has 1 saturated heterocycles. The molecular weight excluding hydrogens is 365 g/mol. The molecule has 27 heavy (non-hydrogen) atoms. The van der Waals surface area contributed by atoms with E-state index in [1.165, 1.54) is 4.90 Å². The smallest absolute Gasteiger partial charge is 0.416 e. The highest BCUT2D eigenvalue weighted by Crippen LogP contribution is 2.30. The number of hydrogen-bond acceptors (Lipinski definition) is 4. The Kier molecular flexibility index (Phi) is 6.81. The molecule has 0 bridgehead atoms. The van der Waals surface area contributed by atoms with Crippen molar-refractivity contribution in [1.29, 1.82) is 0 Å². The summed E-state index contributed by atoms with van der Waals surface area (Å²) in [5.74, 6) is -1.35. The molecule has 2 rings (SSSR count). The second-order valence-electron chi connectivity index (χ2n) is 6.19. The van der Waals surface area contributed by atoms with Gasteiger partial charge in [-0.15, -0.1) is 0 Å². The first kappa shape index (κ1) is 20.7. The van der Waals surface area contributed by atoms with Gasteiger partial charge in [0.25, 0.3) is 0 Å². The van der Waals surface area contributed by atoms with Gasteiger partial charge in [-0.2, -0.15) is 13.2 Å². The molecule has 1 aliphatic rings. The van der Waals surface area contributed by atoms with Crippen LogP contribution in [0, 0.1) is 5.92 Å². The average Bonchev–Trinajstić information content (AvgIpc) is 2.65. The molecular formula is C18H21F3N2O4. The van der Waals surface area contributed by atoms with Gasteiger partial charge < -0.3 is 15.0 Å². The van der Waals surface area contributed by atoms with Crippen molar-refractivity contribution in [3.63, 3.8) is 0 Å². The van der Waals surface area contributed by atoms with Gasteiger partial charge in [-0.1, -0.05) is 12.1 Å². The van der Waals surface area contributed by atoms with Crippen molar-refractivity contribution >= 4 is 17.8 Å². The van der Waals surface area contributed by atoms with Crippen LogP contribution in [0.5, 0.6) is 0 Å². The monoisotopic (exact) mass is 386 g/mol. The number of Topliss-reactive ketones (excluding diaryl/α,β-unsaturated/α-hetero) is 1. The third-order valence-corrected chi connectivity index (χ3v) is 4.27. The number of nitrogens with one attached hydrogen (secondary N) is 1. The van der Waals surface area contributed by atoms with Crippen LogP contribution < -0.4 is 5.32 Å². The van der Waals surface area contributed by atoms with E-state index in [1.54, 1.807) is 6.92 Å². The molecule has 6 nitrogen and oxygen atoms in total. The minimum atomic E-state index is -4.46. The van der Waals surface area contributed by atoms with Gasteiger partial charge in [0.05, 0.1) is 12.2 Å². The number of hydrogen-bond donors (Lipinski definition) is 1. The fourth-order valence-electron chi connectivity index (χ4n) is 2.91. The van der Waals surface area contributed by atoms with Crippen LogP contribution in [0.1, 0.15) is 35.7 Å². The van der Waals surface area contributed by atoms with Crippen molar-refractivity contribution < 1.29 is 32.3 Å². The molecule has 1 heterocycles. The summed E-state index contributed by atoms with van der Waals surface area (Å²) in [7, 11) is 0. The summed E-state index contributed by atoms with van der Waals surface area (Å²) in [6, 6.07) is 3.59. The predicted molar refractivity (Wildman–Crippen MR) is 90.1 cm³/mol. The molecule has 1 unspecified atom stereocenters. The highest BCUT2D eigenvalue weighted by Gasteiger charge is 2.32. The van der Waals surface area contributed by atoms with Crippen molar-refractivity contribution in [3.05, 3.63) is 35.4 Å². The lowest BCUT2D eigenvalue weighted by Gasteiger charge is -2.32. The number of ether oxygens (including phenoxy) is 1. The Morgan fingerprint density at radius 1 is 1.22 bits per heavy atom. The third kappa shape index (κ3) is 5.70. The predicted octanol–water partition coefficient (Wildman–Crippen LogP) is 2.87. The molecule has 1 aromatic rings. The maximum Gasteiger partial charge on any atom is 0.416 e. The number of alkyl halides is 3. The Morgan fingerprint density at radius 3 is 2.48 bits per heavy atom. The van der Waals surface area contributed by atoms with Crippen molar-refractivity contribution in [1.82, 2.24) is 10.2 Å². The van der Waals surface area contributed by atoms with E-state index < -0.39 is 29.7 Å². The van der Waals surface area contributed by atoms with Crippen LogP contribution in [0.15, 0.2) is 24.3 Å². The molecule has 1 atom stereocenters. The molecule has 2 amide bonds. The van der Waals surface area contributed by atoms with E-state index in [4.69, 9.17) is 4.74 Å². The first-order valence-corrected chi connectivity index (χ1v) is 8.62. The highest BCUT2D eigenvalue weighted by molar-refractivity contribution is 5.98. The molecule has 1 fully saturated rings. The lowest BCUT2D eigenvalue weighted by Crippen LogP contribution is -2.48. The van der Waals surface area contributed by atoms with Crippen molar-refractivity contribution in [2.75, 3.05) is 26.2 Å². The Bertz CT molecular complexity index is 689. The van der Waals surface area contributed by atoms with Crippen LogP contribution in [0.25, 0.3) is 0 Å². The standard InChI is InChI=1S/C18H21F3N2O4/c1-2-27-15(24)10-22-17(26)23-9-3-4-13(11-23)16(25)12-5-7-14(8-6-12)18(19,20)21/h5-8,13H,2-4,9-11H2,1H3,(H,22,26). The van der Waals surface area contributed by atoms with Crippen LogP contribution in [0.3, 0.4) is 0 Å². The number of nitrogens with zero attached hydrogens (tertiary/aromatic N) is 1. The fraction of sp³-hybridized carbons (Fsp3) is 0.500. The Morgan fingerprint density at radius 2 is 1.89 bits per heavy atom. The number of rotatable bonds is 5. The van der Waals surface area contributed by atoms with Gasteiger partial charge in [-0.3, -0.25) is 9.59 Å². The molecule has 148 valence electrons. The zero-order valence-electron chi connectivity index (χ0n) is 14.8. The SMILES string of the molecule is CCOC(=O)CNC(=O)N1CCCC(C(=O)c2ccc(C(F)(F)F)cc2)C1. The normalized spacial score (nSPS) is 17.3. The Labute approximate surface area is 154 Å². The highest BCUT2D eigenvalue weighted by atomic mass is 19.4. The van der Waals surface area contributed by atoms with Gasteiger partial charge in [-0.05, 0) is 31.9 Å². The van der Waals surface area contributed by atoms with E-state index in [0.29, 0.717) is 19.4 Å². The molecule has 1 N–H and O–H groups in total. The Balaban J connectivity index is 1.95. The van der Waals surface area contributed by atoms with E-state index in [-0.39, 0.29) is 31.0 Å². The number of urea groups is 1. The largest absolute Gasteiger partial charge is 0.465 e. The molecule has 1 aromatic carbocycles. The van der Waals surface area contributed by atoms with Crippen LogP contribution in [-0.2, 0) is 15.7 Å². The number of esters is 1. The van der Waals surface area contributed by atoms with Crippen molar-refractivity contribution in [2.24, 2.45) is 5.92 Å². The summed E-state index contributed by atoms with van der Waals surface area (Å²) in [6.07, 6.45) is -3.33. The van der Waals surface area contributed by atoms with Crippen LogP contribution in [0.4, 0.5) is 18.0 Å². The molecule has 9 heteroatoms. The summed E-state index contributed by atoms with van der Waals surface area (Å²) in [4.78, 5) is 37.4. The second kappa shape index (κ2) is 8.88. The first-order chi connectivity index (χ1) is 12.7. The van der Waals surface area contributed by atoms with E-state index in [2.05, 4.69) is 5.32 Å². The van der Waals surface area contributed by atoms with Gasteiger partial charge in [0.2, 0.25) is 0 Å². The Hall–Kier alpha value is -2.58. The summed E-state index contributed by atoms with van der Waals surface area (Å²) >= 11 is 0. The zero-order valence-corrected chi connectivity index (χ0v) is 14.8. The number of carbonyl (C=O) groups excluding carboxylic acids is 3. The molecule has 0 radical (unpaired) electrons. The summed E-state index contributed by atoms with van der Waals surface area (Å²) in [5.41, 5.74) is -0.635. The summed E-state index contributed by atoms with van der Waals surface area (Å²) in [5, 5.41) is 2.44. The maximum atomic E-state index is 12.6. The second-order valence-corrected chi connectivity index (χ2v) is 6.19. The van der Waals surface area contributed by atoms with Crippen molar-refractivity contribution in [3.8, 4) is 0 Å². The van der Waals surface area contributed by atoms with Crippen LogP contribution in [-0.4, -0.2) is 48.9 Å². The molecule has 0 aliphatic carbocycles. The number of amides is 2. The number of carbonyl (C=O) groups is 3. The lowest BCUT2D eigenvalue weighted by molar-refractivity contribution is -0.142. The minimum Gasteiger partial charge on any atom is -0.465 e. The van der Waals surface area contributed by atoms with Gasteiger partial charge in [0.15, 0.2) is 5.78 Å². The maximum absolute atomic E-state index is 12.6. The fourth-order valence-corrected chi connectivity index (χ4v) is 2.91. The first-order valence-electron chi connectivity index (χ1n) is 8.62. The molecule has 1 aliphatic heterocycles. The zero-order chi connectivity index (χ0) is 20.0. The van der Waals surface area contributed by atoms with E-state index in [1.807, 2.05) is 0 Å². The number of likely N-dealkylation sites (tertiary alicyclic amines) is 1. The van der Waals surface area contributed by atoms with E-state index >= 15 is 0 Å². The number of halogens is 3. The van der Waals surface area contributed by atoms with E-state index in [0.717, 1.165) is 24.3 Å². The van der Waals surface area contributed by atoms with Gasteiger partial charge in [0.1, 0.15) is 6.54 Å². The molecule has 0 saturated carbocycles. The number of ketones is 1. The number of benzene rings is 1. The van der Waals surface area contributed by atoms with Gasteiger partial charge >= 0.3 is 18.2 Å². The quantitative estimate of drug-likeness (QED) is 0.624. The molecule has 0 aromatic heterocycles. The topological polar surface area (TPSA) is 75.7 Å². The van der Waals surface area contributed by atoms with Gasteiger partial charge in [-0.25, -0.2) is 4.79 Å². The van der Waals surface area contributed by atoms with Crippen LogP contribution in [0.2, 0.25) is 0 Å². The lowest BCUT2D eigenvalue weighted by atomic mass is 9.90. The van der Waals surface area contributed by atoms with E-state index in [9.17, 15) is 27.6 Å². The summed E-state index contributed by atoms with van der Waals surface area (Å²) in [6.45, 7) is 2.19. The minimum absolute atomic E-state index is 0.147. The third-order valence-electron chi connectivity index (χ3n) is 4.27. The van der Waals surface area contributed by atoms with Crippen LogP contribution >= 0.6 is 0 Å². The van der Waals surface area contributed by atoms with Crippen molar-refractivity contribution in [2.45, 2.75) is 25.9 Å². The number of piperidine rings is 1.